The lowest BCUT2D eigenvalue weighted by Gasteiger charge is -2.16. The third kappa shape index (κ3) is 2.55. The monoisotopic (exact) mass is 220 g/mol. The molecule has 0 aromatic carbocycles. The number of hydrogen-bond acceptors (Lipinski definition) is 2. The first-order valence-electron chi connectivity index (χ1n) is 6.20. The number of rotatable bonds is 4. The normalized spacial score (nSPS) is 32.1. The van der Waals surface area contributed by atoms with Crippen molar-refractivity contribution < 1.29 is 9.53 Å². The molecule has 3 unspecified atom stereocenters. The molecule has 2 aliphatic carbocycles. The van der Waals surface area contributed by atoms with Crippen LogP contribution in [-0.4, -0.2) is 12.6 Å². The second-order valence-electron chi connectivity index (χ2n) is 4.90. The van der Waals surface area contributed by atoms with Crippen LogP contribution in [0.5, 0.6) is 0 Å². The van der Waals surface area contributed by atoms with Gasteiger partial charge in [0, 0.05) is 6.92 Å². The van der Waals surface area contributed by atoms with Crippen molar-refractivity contribution in [2.75, 3.05) is 6.61 Å². The topological polar surface area (TPSA) is 26.3 Å². The molecule has 2 heteroatoms. The molecule has 88 valence electrons. The van der Waals surface area contributed by atoms with E-state index in [0.717, 1.165) is 18.3 Å². The minimum Gasteiger partial charge on any atom is -0.461 e. The van der Waals surface area contributed by atoms with Crippen molar-refractivity contribution in [2.24, 2.45) is 17.8 Å². The van der Waals surface area contributed by atoms with Gasteiger partial charge in [-0.15, -0.1) is 0 Å². The van der Waals surface area contributed by atoms with Gasteiger partial charge in [-0.3, -0.25) is 4.79 Å². The van der Waals surface area contributed by atoms with Gasteiger partial charge in [0.05, 0.1) is 0 Å². The highest BCUT2D eigenvalue weighted by Gasteiger charge is 2.34. The summed E-state index contributed by atoms with van der Waals surface area (Å²) < 4.78 is 5.06. The van der Waals surface area contributed by atoms with Crippen LogP contribution >= 0.6 is 0 Å². The van der Waals surface area contributed by atoms with Crippen molar-refractivity contribution in [3.8, 4) is 0 Å². The van der Waals surface area contributed by atoms with Crippen LogP contribution in [0.1, 0.15) is 33.1 Å². The second-order valence-corrected chi connectivity index (χ2v) is 4.90. The average Bonchev–Trinajstić information content (AvgIpc) is 2.85. The van der Waals surface area contributed by atoms with Crippen molar-refractivity contribution in [1.29, 1.82) is 0 Å². The lowest BCUT2D eigenvalue weighted by Crippen LogP contribution is -2.08. The molecule has 2 aliphatic rings. The van der Waals surface area contributed by atoms with Crippen LogP contribution in [0.15, 0.2) is 23.8 Å². The van der Waals surface area contributed by atoms with Crippen LogP contribution in [0.3, 0.4) is 0 Å². The molecule has 0 N–H and O–H groups in total. The Kier molecular flexibility index (Phi) is 3.47. The number of allylic oxidation sites excluding steroid dienone is 3. The number of carbonyl (C=O) groups is 1. The van der Waals surface area contributed by atoms with Gasteiger partial charge >= 0.3 is 5.97 Å². The fraction of sp³-hybridized carbons (Fsp3) is 0.643. The molecule has 2 nitrogen and oxygen atoms in total. The minimum absolute atomic E-state index is 0.188. The number of ether oxygens (including phenoxy) is 1. The van der Waals surface area contributed by atoms with Crippen molar-refractivity contribution >= 4 is 5.97 Å². The zero-order chi connectivity index (χ0) is 11.5. The van der Waals surface area contributed by atoms with E-state index in [4.69, 9.17) is 4.74 Å². The van der Waals surface area contributed by atoms with Gasteiger partial charge in [-0.2, -0.15) is 0 Å². The Bertz CT molecular complexity index is 328. The maximum atomic E-state index is 10.8. The zero-order valence-electron chi connectivity index (χ0n) is 10.1. The van der Waals surface area contributed by atoms with Crippen molar-refractivity contribution in [3.63, 3.8) is 0 Å². The van der Waals surface area contributed by atoms with Crippen molar-refractivity contribution in [3.05, 3.63) is 23.8 Å². The van der Waals surface area contributed by atoms with Gasteiger partial charge in [0.25, 0.3) is 0 Å². The van der Waals surface area contributed by atoms with E-state index < -0.39 is 0 Å². The van der Waals surface area contributed by atoms with Crippen LogP contribution in [0, 0.1) is 17.8 Å². The van der Waals surface area contributed by atoms with Crippen LogP contribution in [0.2, 0.25) is 0 Å². The Labute approximate surface area is 97.4 Å². The maximum absolute atomic E-state index is 10.8. The molecule has 0 saturated heterocycles. The van der Waals surface area contributed by atoms with Crippen LogP contribution in [-0.2, 0) is 9.53 Å². The first kappa shape index (κ1) is 11.4. The molecule has 1 saturated carbocycles. The van der Waals surface area contributed by atoms with Gasteiger partial charge in [-0.1, -0.05) is 25.2 Å². The molecular formula is C14H20O2. The van der Waals surface area contributed by atoms with E-state index in [2.05, 4.69) is 25.2 Å². The van der Waals surface area contributed by atoms with E-state index in [1.807, 2.05) is 0 Å². The molecule has 0 aromatic heterocycles. The van der Waals surface area contributed by atoms with Gasteiger partial charge in [0.2, 0.25) is 0 Å². The number of esters is 1. The van der Waals surface area contributed by atoms with E-state index in [1.54, 1.807) is 0 Å². The molecule has 16 heavy (non-hydrogen) atoms. The highest BCUT2D eigenvalue weighted by molar-refractivity contribution is 5.66. The lowest BCUT2D eigenvalue weighted by molar-refractivity contribution is -0.140. The summed E-state index contributed by atoms with van der Waals surface area (Å²) in [6, 6.07) is 0. The molecule has 3 atom stereocenters. The van der Waals surface area contributed by atoms with Gasteiger partial charge in [0.15, 0.2) is 0 Å². The third-order valence-electron chi connectivity index (χ3n) is 3.69. The summed E-state index contributed by atoms with van der Waals surface area (Å²) in [4.78, 5) is 10.8. The Morgan fingerprint density at radius 3 is 2.75 bits per heavy atom. The summed E-state index contributed by atoms with van der Waals surface area (Å²) in [6.07, 6.45) is 10.6. The number of carbonyl (C=O) groups excluding carboxylic acids is 1. The van der Waals surface area contributed by atoms with Crippen LogP contribution in [0.25, 0.3) is 0 Å². The summed E-state index contributed by atoms with van der Waals surface area (Å²) >= 11 is 0. The quantitative estimate of drug-likeness (QED) is 0.537. The van der Waals surface area contributed by atoms with Crippen LogP contribution < -0.4 is 0 Å². The van der Waals surface area contributed by atoms with E-state index in [1.165, 1.54) is 25.3 Å². The zero-order valence-corrected chi connectivity index (χ0v) is 10.1. The van der Waals surface area contributed by atoms with Gasteiger partial charge in [-0.25, -0.2) is 0 Å². The standard InChI is InChI=1S/C14H20O2/c1-3-11(9-16-10(2)15)6-14-8-12-4-5-13(14)7-12/h4-6,12-14H,3,7-9H2,1-2H3/b11-6+. The van der Waals surface area contributed by atoms with Crippen molar-refractivity contribution in [2.45, 2.75) is 33.1 Å². The average molecular weight is 220 g/mol. The molecule has 0 spiro atoms. The molecular weight excluding hydrogens is 200 g/mol. The minimum atomic E-state index is -0.188. The van der Waals surface area contributed by atoms with Gasteiger partial charge in [-0.05, 0) is 42.6 Å². The predicted octanol–water partition coefficient (Wildman–Crippen LogP) is 3.10. The lowest BCUT2D eigenvalue weighted by atomic mass is 9.91. The maximum Gasteiger partial charge on any atom is 0.302 e. The van der Waals surface area contributed by atoms with E-state index in [9.17, 15) is 4.79 Å². The largest absolute Gasteiger partial charge is 0.461 e. The Morgan fingerprint density at radius 2 is 2.25 bits per heavy atom. The van der Waals surface area contributed by atoms with Gasteiger partial charge < -0.3 is 4.74 Å². The van der Waals surface area contributed by atoms with Crippen molar-refractivity contribution in [1.82, 2.24) is 0 Å². The van der Waals surface area contributed by atoms with E-state index in [-0.39, 0.29) is 5.97 Å². The number of fused-ring (bicyclic) bond motifs is 2. The summed E-state index contributed by atoms with van der Waals surface area (Å²) in [5.74, 6) is 2.04. The summed E-state index contributed by atoms with van der Waals surface area (Å²) in [6.45, 7) is 4.06. The van der Waals surface area contributed by atoms with Crippen LogP contribution in [0.4, 0.5) is 0 Å². The Morgan fingerprint density at radius 1 is 1.44 bits per heavy atom. The molecule has 0 aliphatic heterocycles. The molecule has 2 rings (SSSR count). The molecule has 0 heterocycles. The molecule has 0 amide bonds. The highest BCUT2D eigenvalue weighted by Crippen LogP contribution is 2.44. The summed E-state index contributed by atoms with van der Waals surface area (Å²) in [5.41, 5.74) is 1.26. The fourth-order valence-electron chi connectivity index (χ4n) is 2.78. The highest BCUT2D eigenvalue weighted by atomic mass is 16.5. The smallest absolute Gasteiger partial charge is 0.302 e. The molecule has 2 bridgehead atoms. The SMILES string of the molecule is CC/C(=C\C1CC2C=CC1C2)COC(C)=O. The first-order chi connectivity index (χ1) is 7.69. The first-order valence-corrected chi connectivity index (χ1v) is 6.20. The van der Waals surface area contributed by atoms with E-state index >= 15 is 0 Å². The molecule has 0 aromatic rings. The molecule has 1 fully saturated rings. The number of hydrogen-bond donors (Lipinski definition) is 0. The van der Waals surface area contributed by atoms with Gasteiger partial charge in [0.1, 0.15) is 6.61 Å². The predicted molar refractivity (Wildman–Crippen MR) is 63.9 cm³/mol. The third-order valence-corrected chi connectivity index (χ3v) is 3.69. The summed E-state index contributed by atoms with van der Waals surface area (Å²) in [5, 5.41) is 0. The van der Waals surface area contributed by atoms with E-state index in [0.29, 0.717) is 12.5 Å². The molecule has 0 radical (unpaired) electrons. The summed E-state index contributed by atoms with van der Waals surface area (Å²) in [7, 11) is 0. The second kappa shape index (κ2) is 4.86. The Balaban J connectivity index is 1.93. The Hall–Kier alpha value is -1.05. The fourth-order valence-corrected chi connectivity index (χ4v) is 2.78.